The Balaban J connectivity index is 1.85. The molecule has 2 N–H and O–H groups in total. The second kappa shape index (κ2) is 9.06. The molecule has 0 aromatic heterocycles. The number of hydrogen-bond acceptors (Lipinski definition) is 3. The van der Waals surface area contributed by atoms with Gasteiger partial charge in [0.05, 0.1) is 11.3 Å². The smallest absolute Gasteiger partial charge is 0.337 e. The van der Waals surface area contributed by atoms with Gasteiger partial charge in [0, 0.05) is 24.3 Å². The van der Waals surface area contributed by atoms with E-state index in [9.17, 15) is 14.7 Å². The fraction of sp³-hybridized carbons (Fsp3) is 0.167. The number of anilines is 2. The highest BCUT2D eigenvalue weighted by Gasteiger charge is 2.17. The van der Waals surface area contributed by atoms with E-state index < -0.39 is 5.97 Å². The highest BCUT2D eigenvalue weighted by molar-refractivity contribution is 6.05. The van der Waals surface area contributed by atoms with Gasteiger partial charge >= 0.3 is 5.97 Å². The van der Waals surface area contributed by atoms with E-state index in [0.717, 1.165) is 11.1 Å². The van der Waals surface area contributed by atoms with Gasteiger partial charge in [0.15, 0.2) is 0 Å². The van der Waals surface area contributed by atoms with E-state index in [-0.39, 0.29) is 11.5 Å². The molecule has 0 aliphatic heterocycles. The van der Waals surface area contributed by atoms with Crippen molar-refractivity contribution in [1.29, 1.82) is 0 Å². The summed E-state index contributed by atoms with van der Waals surface area (Å²) < 4.78 is 0. The number of carboxylic acids is 1. The van der Waals surface area contributed by atoms with Crippen LogP contribution in [-0.2, 0) is 6.54 Å². The maximum Gasteiger partial charge on any atom is 0.337 e. The van der Waals surface area contributed by atoms with E-state index in [1.807, 2.05) is 61.2 Å². The first-order valence-electron chi connectivity index (χ1n) is 9.52. The quantitative estimate of drug-likeness (QED) is 0.599. The molecule has 0 saturated heterocycles. The molecule has 3 rings (SSSR count). The van der Waals surface area contributed by atoms with Crippen molar-refractivity contribution in [3.63, 3.8) is 0 Å². The van der Waals surface area contributed by atoms with Crippen LogP contribution in [0.2, 0.25) is 0 Å². The van der Waals surface area contributed by atoms with Crippen LogP contribution in [0, 0.1) is 6.92 Å². The topological polar surface area (TPSA) is 69.6 Å². The van der Waals surface area contributed by atoms with E-state index in [1.165, 1.54) is 6.07 Å². The van der Waals surface area contributed by atoms with Crippen molar-refractivity contribution in [2.45, 2.75) is 20.4 Å². The lowest BCUT2D eigenvalue weighted by Gasteiger charge is -2.25. The Morgan fingerprint density at radius 3 is 2.28 bits per heavy atom. The van der Waals surface area contributed by atoms with Crippen molar-refractivity contribution in [1.82, 2.24) is 0 Å². The van der Waals surface area contributed by atoms with Crippen LogP contribution >= 0.6 is 0 Å². The zero-order valence-electron chi connectivity index (χ0n) is 16.6. The van der Waals surface area contributed by atoms with Crippen LogP contribution in [0.4, 0.5) is 11.4 Å². The lowest BCUT2D eigenvalue weighted by molar-refractivity contribution is 0.0697. The van der Waals surface area contributed by atoms with E-state index in [4.69, 9.17) is 0 Å². The van der Waals surface area contributed by atoms with E-state index in [0.29, 0.717) is 30.0 Å². The molecule has 5 nitrogen and oxygen atoms in total. The molecule has 0 spiro atoms. The molecule has 29 heavy (non-hydrogen) atoms. The second-order valence-corrected chi connectivity index (χ2v) is 6.86. The Morgan fingerprint density at radius 1 is 0.966 bits per heavy atom. The van der Waals surface area contributed by atoms with Crippen molar-refractivity contribution >= 4 is 23.3 Å². The van der Waals surface area contributed by atoms with Gasteiger partial charge in [-0.15, -0.1) is 0 Å². The van der Waals surface area contributed by atoms with Gasteiger partial charge in [-0.05, 0) is 49.7 Å². The molecule has 1 amide bonds. The Bertz CT molecular complexity index is 998. The molecule has 5 heteroatoms. The number of hydrogen-bond donors (Lipinski definition) is 2. The van der Waals surface area contributed by atoms with E-state index >= 15 is 0 Å². The van der Waals surface area contributed by atoms with Crippen molar-refractivity contribution in [3.8, 4) is 0 Å². The number of rotatable bonds is 7. The van der Waals surface area contributed by atoms with Gasteiger partial charge < -0.3 is 15.3 Å². The van der Waals surface area contributed by atoms with Crippen LogP contribution in [0.5, 0.6) is 0 Å². The number of carbonyl (C=O) groups excluding carboxylic acids is 1. The van der Waals surface area contributed by atoms with Crippen molar-refractivity contribution < 1.29 is 14.7 Å². The van der Waals surface area contributed by atoms with Crippen molar-refractivity contribution in [3.05, 3.63) is 95.1 Å². The van der Waals surface area contributed by atoms with Crippen LogP contribution < -0.4 is 10.2 Å². The Hall–Kier alpha value is -3.60. The minimum Gasteiger partial charge on any atom is -0.478 e. The minimum absolute atomic E-state index is 0.157. The predicted octanol–water partition coefficient (Wildman–Crippen LogP) is 4.97. The largest absolute Gasteiger partial charge is 0.478 e. The monoisotopic (exact) mass is 388 g/mol. The van der Waals surface area contributed by atoms with Crippen molar-refractivity contribution in [2.75, 3.05) is 16.8 Å². The first-order chi connectivity index (χ1) is 14.0. The first kappa shape index (κ1) is 20.1. The third kappa shape index (κ3) is 5.02. The summed E-state index contributed by atoms with van der Waals surface area (Å²) in [5.74, 6) is -1.30. The third-order valence-corrected chi connectivity index (χ3v) is 4.74. The molecule has 148 valence electrons. The number of carboxylic acid groups (broad SMARTS) is 1. The SMILES string of the molecule is CCN(Cc1ccccc1)c1ccc(NC(=O)c2ccc(C)cc2)cc1C(=O)O. The summed E-state index contributed by atoms with van der Waals surface area (Å²) in [4.78, 5) is 26.4. The van der Waals surface area contributed by atoms with Crippen LogP contribution in [-0.4, -0.2) is 23.5 Å². The fourth-order valence-corrected chi connectivity index (χ4v) is 3.14. The molecular weight excluding hydrogens is 364 g/mol. The van der Waals surface area contributed by atoms with E-state index in [1.54, 1.807) is 24.3 Å². The van der Waals surface area contributed by atoms with Gasteiger partial charge in [0.25, 0.3) is 5.91 Å². The molecule has 0 unspecified atom stereocenters. The first-order valence-corrected chi connectivity index (χ1v) is 9.52. The summed E-state index contributed by atoms with van der Waals surface area (Å²) in [5, 5.41) is 12.5. The maximum atomic E-state index is 12.5. The average Bonchev–Trinajstić information content (AvgIpc) is 2.73. The van der Waals surface area contributed by atoms with Gasteiger partial charge in [-0.1, -0.05) is 48.0 Å². The summed E-state index contributed by atoms with van der Waals surface area (Å²) in [6.07, 6.45) is 0. The van der Waals surface area contributed by atoms with Gasteiger partial charge in [-0.3, -0.25) is 4.79 Å². The molecule has 0 aliphatic carbocycles. The molecule has 0 bridgehead atoms. The average molecular weight is 388 g/mol. The number of nitrogens with one attached hydrogen (secondary N) is 1. The number of nitrogens with zero attached hydrogens (tertiary/aromatic N) is 1. The molecule has 0 aliphatic rings. The van der Waals surface area contributed by atoms with Crippen LogP contribution in [0.15, 0.2) is 72.8 Å². The fourth-order valence-electron chi connectivity index (χ4n) is 3.14. The molecular formula is C24H24N2O3. The second-order valence-electron chi connectivity index (χ2n) is 6.86. The molecule has 3 aromatic rings. The highest BCUT2D eigenvalue weighted by Crippen LogP contribution is 2.26. The standard InChI is InChI=1S/C24H24N2O3/c1-3-26(16-18-7-5-4-6-8-18)22-14-13-20(15-21(22)24(28)29)25-23(27)19-11-9-17(2)10-12-19/h4-15H,3,16H2,1-2H3,(H,25,27)(H,28,29). The zero-order valence-corrected chi connectivity index (χ0v) is 16.6. The van der Waals surface area contributed by atoms with Crippen molar-refractivity contribution in [2.24, 2.45) is 0 Å². The van der Waals surface area contributed by atoms with Gasteiger partial charge in [0.2, 0.25) is 0 Å². The van der Waals surface area contributed by atoms with Gasteiger partial charge in [-0.2, -0.15) is 0 Å². The van der Waals surface area contributed by atoms with Crippen LogP contribution in [0.3, 0.4) is 0 Å². The molecule has 3 aromatic carbocycles. The molecule has 0 radical (unpaired) electrons. The van der Waals surface area contributed by atoms with Crippen LogP contribution in [0.1, 0.15) is 38.8 Å². The number of aryl methyl sites for hydroxylation is 1. The number of amides is 1. The Kier molecular flexibility index (Phi) is 6.29. The summed E-state index contributed by atoms with van der Waals surface area (Å²) >= 11 is 0. The van der Waals surface area contributed by atoms with Crippen LogP contribution in [0.25, 0.3) is 0 Å². The number of carbonyl (C=O) groups is 2. The van der Waals surface area contributed by atoms with Gasteiger partial charge in [-0.25, -0.2) is 4.79 Å². The summed E-state index contributed by atoms with van der Waals surface area (Å²) in [5.41, 5.74) is 3.92. The molecule has 0 heterocycles. The lowest BCUT2D eigenvalue weighted by Crippen LogP contribution is -2.24. The normalized spacial score (nSPS) is 10.4. The Labute approximate surface area is 170 Å². The predicted molar refractivity (Wildman–Crippen MR) is 116 cm³/mol. The molecule has 0 atom stereocenters. The number of benzene rings is 3. The highest BCUT2D eigenvalue weighted by atomic mass is 16.4. The minimum atomic E-state index is -1.03. The lowest BCUT2D eigenvalue weighted by atomic mass is 10.1. The third-order valence-electron chi connectivity index (χ3n) is 4.74. The Morgan fingerprint density at radius 2 is 1.66 bits per heavy atom. The molecule has 0 fully saturated rings. The summed E-state index contributed by atoms with van der Waals surface area (Å²) in [6, 6.07) is 22.1. The maximum absolute atomic E-state index is 12.5. The molecule has 0 saturated carbocycles. The van der Waals surface area contributed by atoms with E-state index in [2.05, 4.69) is 5.32 Å². The zero-order chi connectivity index (χ0) is 20.8. The summed E-state index contributed by atoms with van der Waals surface area (Å²) in [7, 11) is 0. The number of aromatic carboxylic acids is 1. The summed E-state index contributed by atoms with van der Waals surface area (Å²) in [6.45, 7) is 5.20. The van der Waals surface area contributed by atoms with Gasteiger partial charge in [0.1, 0.15) is 0 Å².